The molecule has 2 N–H and O–H groups in total. The molecule has 0 radical (unpaired) electrons. The van der Waals surface area contributed by atoms with Gasteiger partial charge >= 0.3 is 0 Å². The summed E-state index contributed by atoms with van der Waals surface area (Å²) in [6.07, 6.45) is 0.660. The van der Waals surface area contributed by atoms with Crippen molar-refractivity contribution in [3.8, 4) is 17.2 Å². The van der Waals surface area contributed by atoms with Crippen LogP contribution in [0, 0.1) is 0 Å². The van der Waals surface area contributed by atoms with Gasteiger partial charge in [0.25, 0.3) is 0 Å². The van der Waals surface area contributed by atoms with E-state index in [4.69, 9.17) is 21.1 Å². The predicted octanol–water partition coefficient (Wildman–Crippen LogP) is 3.26. The highest BCUT2D eigenvalue weighted by Gasteiger charge is 2.24. The van der Waals surface area contributed by atoms with Crippen molar-refractivity contribution in [1.29, 1.82) is 0 Å². The van der Waals surface area contributed by atoms with Crippen LogP contribution in [0.4, 0.5) is 0 Å². The minimum absolute atomic E-state index is 0.0270. The van der Waals surface area contributed by atoms with Crippen LogP contribution in [0.25, 0.3) is 0 Å². The highest BCUT2D eigenvalue weighted by molar-refractivity contribution is 6.31. The van der Waals surface area contributed by atoms with Crippen molar-refractivity contribution in [1.82, 2.24) is 5.43 Å². The van der Waals surface area contributed by atoms with Gasteiger partial charge in [-0.15, -0.1) is 0 Å². The lowest BCUT2D eigenvalue weighted by Gasteiger charge is -2.20. The first-order valence-corrected chi connectivity index (χ1v) is 7.79. The molecule has 2 aliphatic rings. The zero-order chi connectivity index (χ0) is 15.8. The summed E-state index contributed by atoms with van der Waals surface area (Å²) in [7, 11) is 0. The average Bonchev–Trinajstić information content (AvgIpc) is 3.06. The molecule has 0 fully saturated rings. The standard InChI is InChI=1S/C17H15ClN2O3/c18-11-2-3-15(21)12(8-11)14-9-13(19-20-14)10-1-4-16-17(7-10)23-6-5-22-16/h1-4,7-8,13,19,21H,5-6,9H2/t13-/m1/s1. The zero-order valence-electron chi connectivity index (χ0n) is 12.3. The van der Waals surface area contributed by atoms with E-state index in [1.165, 1.54) is 0 Å². The highest BCUT2D eigenvalue weighted by Crippen LogP contribution is 2.35. The Hall–Kier alpha value is -2.40. The number of halogens is 1. The van der Waals surface area contributed by atoms with E-state index >= 15 is 0 Å². The molecule has 0 aromatic heterocycles. The number of phenolic OH excluding ortho intramolecular Hbond substituents is 1. The molecular formula is C17H15ClN2O3. The molecule has 118 valence electrons. The third-order valence-electron chi connectivity index (χ3n) is 3.99. The number of hydrazone groups is 1. The van der Waals surface area contributed by atoms with Gasteiger partial charge < -0.3 is 20.0 Å². The Bertz CT molecular complexity index is 791. The Labute approximate surface area is 138 Å². The molecule has 0 unspecified atom stereocenters. The van der Waals surface area contributed by atoms with Gasteiger partial charge in [0.2, 0.25) is 0 Å². The van der Waals surface area contributed by atoms with E-state index < -0.39 is 0 Å². The highest BCUT2D eigenvalue weighted by atomic mass is 35.5. The van der Waals surface area contributed by atoms with Crippen LogP contribution in [0.3, 0.4) is 0 Å². The van der Waals surface area contributed by atoms with E-state index in [9.17, 15) is 5.11 Å². The van der Waals surface area contributed by atoms with E-state index in [0.29, 0.717) is 30.2 Å². The van der Waals surface area contributed by atoms with Gasteiger partial charge in [-0.1, -0.05) is 17.7 Å². The maximum atomic E-state index is 10.0. The summed E-state index contributed by atoms with van der Waals surface area (Å²) < 4.78 is 11.2. The monoisotopic (exact) mass is 330 g/mol. The molecular weight excluding hydrogens is 316 g/mol. The second-order valence-corrected chi connectivity index (χ2v) is 5.95. The number of ether oxygens (including phenoxy) is 2. The fourth-order valence-electron chi connectivity index (χ4n) is 2.82. The molecule has 0 amide bonds. The third-order valence-corrected chi connectivity index (χ3v) is 4.23. The van der Waals surface area contributed by atoms with Crippen molar-refractivity contribution in [2.24, 2.45) is 5.10 Å². The fourth-order valence-corrected chi connectivity index (χ4v) is 2.99. The van der Waals surface area contributed by atoms with Gasteiger partial charge in [-0.3, -0.25) is 0 Å². The second-order valence-electron chi connectivity index (χ2n) is 5.51. The molecule has 4 rings (SSSR count). The summed E-state index contributed by atoms with van der Waals surface area (Å²) in [5.74, 6) is 1.71. The fraction of sp³-hybridized carbons (Fsp3) is 0.235. The lowest BCUT2D eigenvalue weighted by atomic mass is 9.98. The molecule has 1 atom stereocenters. The number of aromatic hydroxyl groups is 1. The molecule has 0 saturated heterocycles. The van der Waals surface area contributed by atoms with Gasteiger partial charge in [0.1, 0.15) is 19.0 Å². The number of hydrogen-bond acceptors (Lipinski definition) is 5. The Morgan fingerprint density at radius 1 is 1.09 bits per heavy atom. The van der Waals surface area contributed by atoms with E-state index in [1.54, 1.807) is 18.2 Å². The van der Waals surface area contributed by atoms with Crippen LogP contribution in [-0.4, -0.2) is 24.0 Å². The summed E-state index contributed by atoms with van der Waals surface area (Å²) in [5, 5.41) is 14.9. The van der Waals surface area contributed by atoms with Gasteiger partial charge in [-0.2, -0.15) is 5.10 Å². The third kappa shape index (κ3) is 2.68. The number of benzene rings is 2. The molecule has 6 heteroatoms. The van der Waals surface area contributed by atoms with Gasteiger partial charge in [0.15, 0.2) is 11.5 Å². The van der Waals surface area contributed by atoms with Crippen molar-refractivity contribution < 1.29 is 14.6 Å². The van der Waals surface area contributed by atoms with Crippen LogP contribution in [0.2, 0.25) is 5.02 Å². The number of hydrogen-bond donors (Lipinski definition) is 2. The maximum Gasteiger partial charge on any atom is 0.161 e. The average molecular weight is 331 g/mol. The Morgan fingerprint density at radius 3 is 2.78 bits per heavy atom. The number of nitrogens with one attached hydrogen (secondary N) is 1. The van der Waals surface area contributed by atoms with Crippen LogP contribution in [0.15, 0.2) is 41.5 Å². The van der Waals surface area contributed by atoms with Gasteiger partial charge in [0.05, 0.1) is 11.8 Å². The van der Waals surface area contributed by atoms with Gasteiger partial charge in [0, 0.05) is 17.0 Å². The van der Waals surface area contributed by atoms with Crippen LogP contribution < -0.4 is 14.9 Å². The summed E-state index contributed by atoms with van der Waals surface area (Å²) in [5.41, 5.74) is 5.62. The molecule has 5 nitrogen and oxygen atoms in total. The molecule has 23 heavy (non-hydrogen) atoms. The maximum absolute atomic E-state index is 10.0. The van der Waals surface area contributed by atoms with E-state index in [0.717, 1.165) is 22.8 Å². The minimum atomic E-state index is 0.0270. The molecule has 2 heterocycles. The molecule has 2 aromatic rings. The molecule has 0 spiro atoms. The zero-order valence-corrected chi connectivity index (χ0v) is 13.0. The number of nitrogens with zero attached hydrogens (tertiary/aromatic N) is 1. The molecule has 2 aromatic carbocycles. The first-order chi connectivity index (χ1) is 11.2. The van der Waals surface area contributed by atoms with Crippen molar-refractivity contribution in [3.05, 3.63) is 52.5 Å². The predicted molar refractivity (Wildman–Crippen MR) is 87.6 cm³/mol. The van der Waals surface area contributed by atoms with Crippen LogP contribution in [0.1, 0.15) is 23.6 Å². The number of phenols is 1. The van der Waals surface area contributed by atoms with Crippen molar-refractivity contribution >= 4 is 17.3 Å². The lowest BCUT2D eigenvalue weighted by Crippen LogP contribution is -2.16. The lowest BCUT2D eigenvalue weighted by molar-refractivity contribution is 0.171. The van der Waals surface area contributed by atoms with Crippen molar-refractivity contribution in [2.45, 2.75) is 12.5 Å². The quantitative estimate of drug-likeness (QED) is 0.887. The Kier molecular flexibility index (Phi) is 3.50. The SMILES string of the molecule is Oc1ccc(Cl)cc1C1=NN[C@@H](c2ccc3c(c2)OCCO3)C1. The van der Waals surface area contributed by atoms with E-state index in [1.807, 2.05) is 18.2 Å². The van der Waals surface area contributed by atoms with Gasteiger partial charge in [-0.05, 0) is 35.9 Å². The Balaban J connectivity index is 1.57. The van der Waals surface area contributed by atoms with E-state index in [-0.39, 0.29) is 11.8 Å². The molecule has 2 aliphatic heterocycles. The van der Waals surface area contributed by atoms with Gasteiger partial charge in [-0.25, -0.2) is 0 Å². The number of fused-ring (bicyclic) bond motifs is 1. The first-order valence-electron chi connectivity index (χ1n) is 7.41. The summed E-state index contributed by atoms with van der Waals surface area (Å²) in [6, 6.07) is 10.9. The Morgan fingerprint density at radius 2 is 1.91 bits per heavy atom. The van der Waals surface area contributed by atoms with Crippen LogP contribution in [-0.2, 0) is 0 Å². The van der Waals surface area contributed by atoms with Crippen LogP contribution in [0.5, 0.6) is 17.2 Å². The smallest absolute Gasteiger partial charge is 0.161 e. The van der Waals surface area contributed by atoms with Crippen molar-refractivity contribution in [2.75, 3.05) is 13.2 Å². The second kappa shape index (κ2) is 5.66. The largest absolute Gasteiger partial charge is 0.507 e. The van der Waals surface area contributed by atoms with Crippen LogP contribution >= 0.6 is 11.6 Å². The minimum Gasteiger partial charge on any atom is -0.507 e. The first kappa shape index (κ1) is 14.2. The summed E-state index contributed by atoms with van der Waals surface area (Å²) >= 11 is 6.01. The van der Waals surface area contributed by atoms with Crippen molar-refractivity contribution in [3.63, 3.8) is 0 Å². The normalized spacial score (nSPS) is 19.2. The number of rotatable bonds is 2. The summed E-state index contributed by atoms with van der Waals surface area (Å²) in [4.78, 5) is 0. The molecule has 0 saturated carbocycles. The molecule has 0 aliphatic carbocycles. The topological polar surface area (TPSA) is 63.1 Å². The van der Waals surface area contributed by atoms with E-state index in [2.05, 4.69) is 10.5 Å². The summed E-state index contributed by atoms with van der Waals surface area (Å²) in [6.45, 7) is 1.14. The molecule has 0 bridgehead atoms.